The van der Waals surface area contributed by atoms with Gasteiger partial charge < -0.3 is 33.2 Å². The zero-order valence-electron chi connectivity index (χ0n) is 28.3. The topological polar surface area (TPSA) is 184 Å². The number of rotatable bonds is 12. The summed E-state index contributed by atoms with van der Waals surface area (Å²) in [5, 5.41) is 0. The van der Waals surface area contributed by atoms with E-state index >= 15 is 0 Å². The van der Waals surface area contributed by atoms with Gasteiger partial charge in [0.1, 0.15) is 11.5 Å². The Morgan fingerprint density at radius 1 is 0.627 bits per heavy atom. The lowest BCUT2D eigenvalue weighted by Gasteiger charge is -2.38. The highest BCUT2D eigenvalue weighted by Crippen LogP contribution is 2.54. The summed E-state index contributed by atoms with van der Waals surface area (Å²) >= 11 is 0. The summed E-state index contributed by atoms with van der Waals surface area (Å²) in [6.07, 6.45) is -0.0294. The van der Waals surface area contributed by atoms with Crippen LogP contribution in [0.25, 0.3) is 0 Å². The van der Waals surface area contributed by atoms with Gasteiger partial charge in [0, 0.05) is 57.2 Å². The third-order valence-corrected chi connectivity index (χ3v) is 8.15. The molecule has 14 heteroatoms. The molecule has 2 aliphatic rings. The minimum atomic E-state index is -1.53. The molecule has 0 saturated heterocycles. The van der Waals surface area contributed by atoms with Gasteiger partial charge in [-0.2, -0.15) is 0 Å². The van der Waals surface area contributed by atoms with Gasteiger partial charge in [0.25, 0.3) is 0 Å². The number of carbonyl (C=O) groups excluding carboxylic acids is 7. The van der Waals surface area contributed by atoms with Crippen LogP contribution in [0.3, 0.4) is 0 Å². The molecule has 266 valence electrons. The molecule has 0 N–H and O–H groups in total. The minimum absolute atomic E-state index is 0.0411. The number of ether oxygens (including phenoxy) is 7. The number of esters is 7. The van der Waals surface area contributed by atoms with Crippen molar-refractivity contribution in [2.45, 2.75) is 65.4 Å². The maximum absolute atomic E-state index is 13.5. The second-order valence-corrected chi connectivity index (χ2v) is 11.8. The second-order valence-electron chi connectivity index (χ2n) is 11.8. The Morgan fingerprint density at radius 3 is 1.55 bits per heavy atom. The van der Waals surface area contributed by atoms with Crippen LogP contribution >= 0.6 is 0 Å². The van der Waals surface area contributed by atoms with Crippen molar-refractivity contribution >= 4 is 41.8 Å². The van der Waals surface area contributed by atoms with E-state index in [4.69, 9.17) is 23.7 Å². The fourth-order valence-electron chi connectivity index (χ4n) is 6.11. The molecule has 1 heterocycles. The molecule has 1 aliphatic heterocycles. The van der Waals surface area contributed by atoms with Crippen LogP contribution in [0.2, 0.25) is 0 Å². The predicted octanol–water partition coefficient (Wildman–Crippen LogP) is 3.90. The Morgan fingerprint density at radius 2 is 1.10 bits per heavy atom. The summed E-state index contributed by atoms with van der Waals surface area (Å²) in [7, 11) is 0. The number of hydrogen-bond donors (Lipinski definition) is 0. The Kier molecular flexibility index (Phi) is 10.8. The molecular formula is C37H34O14. The Balaban J connectivity index is 1.62. The molecule has 1 aliphatic carbocycles. The lowest BCUT2D eigenvalue weighted by Crippen LogP contribution is -2.35. The van der Waals surface area contributed by atoms with Crippen LogP contribution in [0, 0.1) is 0 Å². The van der Waals surface area contributed by atoms with Crippen molar-refractivity contribution in [2.24, 2.45) is 0 Å². The van der Waals surface area contributed by atoms with E-state index in [0.717, 1.165) is 0 Å². The fraction of sp³-hybridized carbons (Fsp3) is 0.324. The molecule has 1 spiro atoms. The maximum Gasteiger partial charge on any atom is 0.340 e. The highest BCUT2D eigenvalue weighted by molar-refractivity contribution is 5.97. The van der Waals surface area contributed by atoms with Gasteiger partial charge in [-0.15, -0.1) is 0 Å². The standard InChI is InChI=1S/C37H34O14/c1-20(38)45-18-47-34(42)11-9-24-14-30-26(16-32(24)49-22(3)40)13-27-17-33(50-23(4)41)25(10-12-35(43)48-19-46-21(2)39)15-31(27)37(30)29-8-6-5-7-28(29)36(44)51-37/h5-8,14-17H,9-13,18-19H2,1-4H3. The molecule has 3 aromatic rings. The van der Waals surface area contributed by atoms with E-state index in [1.807, 2.05) is 0 Å². The van der Waals surface area contributed by atoms with Gasteiger partial charge in [-0.3, -0.25) is 28.8 Å². The van der Waals surface area contributed by atoms with Gasteiger partial charge in [0.05, 0.1) is 5.56 Å². The van der Waals surface area contributed by atoms with E-state index in [1.165, 1.54) is 27.7 Å². The number of fused-ring (bicyclic) bond motifs is 6. The van der Waals surface area contributed by atoms with Crippen molar-refractivity contribution in [3.05, 3.63) is 93.0 Å². The molecule has 0 radical (unpaired) electrons. The molecule has 0 atom stereocenters. The Labute approximate surface area is 291 Å². The smallest absolute Gasteiger partial charge is 0.340 e. The molecule has 51 heavy (non-hydrogen) atoms. The third-order valence-electron chi connectivity index (χ3n) is 8.15. The van der Waals surface area contributed by atoms with Gasteiger partial charge in [-0.05, 0) is 71.8 Å². The van der Waals surface area contributed by atoms with Crippen LogP contribution in [0.4, 0.5) is 0 Å². The first-order valence-electron chi connectivity index (χ1n) is 15.9. The van der Waals surface area contributed by atoms with Crippen molar-refractivity contribution in [3.63, 3.8) is 0 Å². The first-order valence-corrected chi connectivity index (χ1v) is 15.9. The fourth-order valence-corrected chi connectivity index (χ4v) is 6.11. The van der Waals surface area contributed by atoms with Crippen LogP contribution in [-0.2, 0) is 77.3 Å². The van der Waals surface area contributed by atoms with Crippen LogP contribution in [0.1, 0.15) is 89.8 Å². The summed E-state index contributed by atoms with van der Waals surface area (Å²) in [5.74, 6) is -4.03. The Bertz CT molecular complexity index is 1840. The first-order chi connectivity index (χ1) is 24.3. The average Bonchev–Trinajstić information content (AvgIpc) is 3.34. The average molecular weight is 703 g/mol. The van der Waals surface area contributed by atoms with Crippen molar-refractivity contribution < 1.29 is 66.7 Å². The molecule has 0 bridgehead atoms. The Hall–Kier alpha value is -6.05. The lowest BCUT2D eigenvalue weighted by molar-refractivity contribution is -0.167. The van der Waals surface area contributed by atoms with Gasteiger partial charge in [0.15, 0.2) is 5.60 Å². The van der Waals surface area contributed by atoms with E-state index in [9.17, 15) is 33.6 Å². The minimum Gasteiger partial charge on any atom is -0.441 e. The summed E-state index contributed by atoms with van der Waals surface area (Å²) in [6, 6.07) is 13.6. The molecule has 0 amide bonds. The third kappa shape index (κ3) is 8.06. The van der Waals surface area contributed by atoms with Crippen LogP contribution in [-0.4, -0.2) is 55.4 Å². The normalized spacial score (nSPS) is 13.1. The van der Waals surface area contributed by atoms with E-state index in [-0.39, 0.29) is 43.6 Å². The first kappa shape index (κ1) is 36.2. The molecule has 0 unspecified atom stereocenters. The largest absolute Gasteiger partial charge is 0.441 e. The summed E-state index contributed by atoms with van der Waals surface area (Å²) in [6.45, 7) is 3.72. The molecule has 0 aromatic heterocycles. The number of benzene rings is 3. The van der Waals surface area contributed by atoms with E-state index in [2.05, 4.69) is 9.47 Å². The summed E-state index contributed by atoms with van der Waals surface area (Å²) in [5.41, 5.74) is 2.51. The van der Waals surface area contributed by atoms with Gasteiger partial charge in [0.2, 0.25) is 13.6 Å². The van der Waals surface area contributed by atoms with E-state index < -0.39 is 61.0 Å². The zero-order valence-corrected chi connectivity index (χ0v) is 28.3. The molecule has 3 aromatic carbocycles. The number of carbonyl (C=O) groups is 7. The van der Waals surface area contributed by atoms with Crippen LogP contribution in [0.5, 0.6) is 11.5 Å². The SMILES string of the molecule is CC(=O)OCOC(=O)CCc1cc2c(cc1OC(C)=O)Cc1cc(OC(C)=O)c(CCC(=O)OCOC(C)=O)cc1C21OC(=O)c2ccccc21. The molecular weight excluding hydrogens is 668 g/mol. The summed E-state index contributed by atoms with van der Waals surface area (Å²) < 4.78 is 36.8. The lowest BCUT2D eigenvalue weighted by atomic mass is 9.70. The van der Waals surface area contributed by atoms with Crippen molar-refractivity contribution in [2.75, 3.05) is 13.6 Å². The van der Waals surface area contributed by atoms with Gasteiger partial charge in [-0.25, -0.2) is 4.79 Å². The highest BCUT2D eigenvalue weighted by atomic mass is 16.7. The van der Waals surface area contributed by atoms with Crippen LogP contribution in [0.15, 0.2) is 48.5 Å². The highest BCUT2D eigenvalue weighted by Gasteiger charge is 2.52. The second kappa shape index (κ2) is 15.2. The molecule has 14 nitrogen and oxygen atoms in total. The quantitative estimate of drug-likeness (QED) is 0.115. The predicted molar refractivity (Wildman–Crippen MR) is 172 cm³/mol. The van der Waals surface area contributed by atoms with Crippen molar-refractivity contribution in [1.82, 2.24) is 0 Å². The molecule has 0 saturated carbocycles. The molecule has 0 fully saturated rings. The van der Waals surface area contributed by atoms with Crippen molar-refractivity contribution in [1.29, 1.82) is 0 Å². The maximum atomic E-state index is 13.5. The van der Waals surface area contributed by atoms with Gasteiger partial charge >= 0.3 is 41.8 Å². The number of aryl methyl sites for hydroxylation is 2. The number of hydrogen-bond acceptors (Lipinski definition) is 14. The molecule has 5 rings (SSSR count). The zero-order chi connectivity index (χ0) is 36.9. The summed E-state index contributed by atoms with van der Waals surface area (Å²) in [4.78, 5) is 85.0. The van der Waals surface area contributed by atoms with Gasteiger partial charge in [-0.1, -0.05) is 18.2 Å². The van der Waals surface area contributed by atoms with Crippen LogP contribution < -0.4 is 9.47 Å². The van der Waals surface area contributed by atoms with E-state index in [1.54, 1.807) is 48.5 Å². The van der Waals surface area contributed by atoms with Crippen molar-refractivity contribution in [3.8, 4) is 11.5 Å². The van der Waals surface area contributed by atoms with E-state index in [0.29, 0.717) is 44.5 Å². The monoisotopic (exact) mass is 702 g/mol.